The van der Waals surface area contributed by atoms with Gasteiger partial charge in [0.05, 0.1) is 82.9 Å². The number of rotatable bonds is 120. The van der Waals surface area contributed by atoms with Crippen molar-refractivity contribution in [1.82, 2.24) is 0 Å². The molecular formula is C108H225Al2O30P9. The molecule has 41 heteroatoms. The van der Waals surface area contributed by atoms with Gasteiger partial charge in [0.1, 0.15) is 0 Å². The monoisotopic (exact) mass is 2340 g/mol. The van der Waals surface area contributed by atoms with Gasteiger partial charge in [-0.2, -0.15) is 12.9 Å². The van der Waals surface area contributed by atoms with Gasteiger partial charge < -0.3 is 43.1 Å². The topological polar surface area (TPSA) is 430 Å². The Morgan fingerprint density at radius 2 is 0.188 bits per heavy atom. The normalized spacial score (nSPS) is 13.5. The summed E-state index contributed by atoms with van der Waals surface area (Å²) in [5, 5.41) is 0. The first-order chi connectivity index (χ1) is 70.8. The zero-order chi connectivity index (χ0) is 109. The van der Waals surface area contributed by atoms with Gasteiger partial charge in [0, 0.05) is 0 Å². The van der Waals surface area contributed by atoms with Crippen LogP contribution in [0, 0.1) is 0 Å². The maximum absolute atomic E-state index is 13.6. The molecule has 30 nitrogen and oxygen atoms in total. The van der Waals surface area contributed by atoms with Crippen LogP contribution in [0.15, 0.2) is 0 Å². The van der Waals surface area contributed by atoms with E-state index >= 15 is 0 Å². The molecule has 3 atom stereocenters. The van der Waals surface area contributed by atoms with Crippen molar-refractivity contribution in [3.05, 3.63) is 0 Å². The van der Waals surface area contributed by atoms with Gasteiger partial charge >= 0.3 is 81.7 Å². The molecule has 0 saturated heterocycles. The molecule has 0 aliphatic carbocycles. The second-order valence-electron chi connectivity index (χ2n) is 40.7. The van der Waals surface area contributed by atoms with Crippen molar-refractivity contribution < 1.29 is 137 Å². The van der Waals surface area contributed by atoms with Crippen molar-refractivity contribution in [1.29, 1.82) is 0 Å². The average molecular weight is 2340 g/mol. The van der Waals surface area contributed by atoms with Crippen LogP contribution in [0.1, 0.15) is 640 Å². The van der Waals surface area contributed by atoms with E-state index in [9.17, 15) is 70.4 Å². The summed E-state index contributed by atoms with van der Waals surface area (Å²) in [5.74, 6) is 0. The largest absolute Gasteiger partial charge is 3.00 e. The van der Waals surface area contributed by atoms with E-state index in [1.165, 1.54) is 327 Å². The van der Waals surface area contributed by atoms with Crippen LogP contribution in [0.4, 0.5) is 0 Å². The predicted molar refractivity (Wildman–Crippen MR) is 607 cm³/mol. The molecule has 0 amide bonds. The van der Waals surface area contributed by atoms with E-state index in [1.54, 1.807) is 0 Å². The molecule has 0 saturated carbocycles. The molecule has 0 aromatic heterocycles. The summed E-state index contributed by atoms with van der Waals surface area (Å²) in [6.07, 6.45) is 97.4. The summed E-state index contributed by atoms with van der Waals surface area (Å²) in [4.78, 5) is 69.0. The molecule has 0 rings (SSSR count). The maximum atomic E-state index is 13.6. The van der Waals surface area contributed by atoms with Crippen molar-refractivity contribution in [2.75, 3.05) is 59.5 Å². The zero-order valence-corrected chi connectivity index (χ0v) is 107. The van der Waals surface area contributed by atoms with Gasteiger partial charge in [-0.15, -0.1) is 0 Å². The van der Waals surface area contributed by atoms with Crippen LogP contribution < -0.4 is 29.4 Å². The number of phosphoric ester groups is 3. The van der Waals surface area contributed by atoms with Crippen LogP contribution in [-0.2, 0) is 108 Å². The third-order valence-corrected chi connectivity index (χ3v) is 40.0. The van der Waals surface area contributed by atoms with Gasteiger partial charge in [-0.05, 0) is 57.8 Å². The molecule has 0 spiro atoms. The summed E-state index contributed by atoms with van der Waals surface area (Å²) >= 11 is 0. The molecule has 149 heavy (non-hydrogen) atoms. The van der Waals surface area contributed by atoms with Crippen molar-refractivity contribution in [2.24, 2.45) is 0 Å². The molecule has 0 aromatic rings. The Morgan fingerprint density at radius 1 is 0.114 bits per heavy atom. The second kappa shape index (κ2) is 116. The summed E-state index contributed by atoms with van der Waals surface area (Å²) in [6, 6.07) is 0. The van der Waals surface area contributed by atoms with E-state index in [0.717, 1.165) is 193 Å². The molecule has 3 unspecified atom stereocenters. The maximum Gasteiger partial charge on any atom is 3.00 e. The third-order valence-electron chi connectivity index (χ3n) is 25.9. The van der Waals surface area contributed by atoms with Crippen molar-refractivity contribution in [3.63, 3.8) is 0 Å². The first-order valence-corrected chi connectivity index (χ1v) is 73.7. The number of phosphoric acid groups is 9. The van der Waals surface area contributed by atoms with Crippen LogP contribution >= 0.6 is 70.4 Å². The van der Waals surface area contributed by atoms with E-state index in [1.807, 2.05) is 0 Å². The fraction of sp³-hybridized carbons (Fsp3) is 1.00. The molecule has 0 bridgehead atoms. The minimum absolute atomic E-state index is 0. The molecule has 0 radical (unpaired) electrons. The van der Waals surface area contributed by atoms with Crippen LogP contribution in [0.25, 0.3) is 0 Å². The minimum atomic E-state index is -5.81. The van der Waals surface area contributed by atoms with Crippen LogP contribution in [0.3, 0.4) is 0 Å². The van der Waals surface area contributed by atoms with Crippen molar-refractivity contribution in [2.45, 2.75) is 640 Å². The molecule has 888 valence electrons. The summed E-state index contributed by atoms with van der Waals surface area (Å²) in [6.45, 7) is 19.2. The fourth-order valence-electron chi connectivity index (χ4n) is 17.1. The van der Waals surface area contributed by atoms with E-state index in [2.05, 4.69) is 75.2 Å². The van der Waals surface area contributed by atoms with Crippen LogP contribution in [-0.4, -0.2) is 94.2 Å². The van der Waals surface area contributed by atoms with Gasteiger partial charge in [0.2, 0.25) is 0 Å². The number of hydrogen-bond donors (Lipinski definition) is 0. The standard InChI is InChI=1S/3C36H77O10P3.2Al/c3*1-4-7-10-13-16-19-22-25-28-31-34-42-48(40,43-35-32-29-26-23-20-17-14-11-8-5-2)46-49(41,45-47(37,38)39)44-36-33-30-27-24-21-18-15-12-9-6-3;;/h3*4-36H2,1-3H3,(H2,37,38,39);;/q;;;2*+3/p-6. The third kappa shape index (κ3) is 122. The first kappa shape index (κ1) is 160. The number of hydrogen-bond acceptors (Lipinski definition) is 30. The molecule has 0 N–H and O–H groups in total. The van der Waals surface area contributed by atoms with Gasteiger partial charge in [0.25, 0.3) is 0 Å². The van der Waals surface area contributed by atoms with Gasteiger partial charge in [0.15, 0.2) is 0 Å². The van der Waals surface area contributed by atoms with Crippen molar-refractivity contribution in [3.8, 4) is 0 Å². The Balaban J connectivity index is -0.000000691. The molecule has 0 aliphatic rings. The van der Waals surface area contributed by atoms with Gasteiger partial charge in [-0.25, -0.2) is 27.4 Å². The molecule has 0 aromatic carbocycles. The Morgan fingerprint density at radius 3 is 0.268 bits per heavy atom. The Hall–Kier alpha value is 2.29. The average Bonchev–Trinajstić information content (AvgIpc) is 0.828. The molecule has 0 aliphatic heterocycles. The summed E-state index contributed by atoms with van der Waals surface area (Å²) in [5.41, 5.74) is 0. The zero-order valence-electron chi connectivity index (χ0n) is 96.4. The Kier molecular flexibility index (Phi) is 124. The van der Waals surface area contributed by atoms with E-state index < -0.39 is 70.4 Å². The second-order valence-corrected chi connectivity index (χ2v) is 54.9. The van der Waals surface area contributed by atoms with E-state index in [0.29, 0.717) is 57.8 Å². The quantitative estimate of drug-likeness (QED) is 0.0310. The smallest absolute Gasteiger partial charge is 0.789 e. The first-order valence-electron chi connectivity index (χ1n) is 60.5. The van der Waals surface area contributed by atoms with E-state index in [-0.39, 0.29) is 94.2 Å². The summed E-state index contributed by atoms with van der Waals surface area (Å²) in [7, 11) is -46.5. The fourth-order valence-corrected chi connectivity index (χ4v) is 29.8. The predicted octanol–water partition coefficient (Wildman–Crippen LogP) is 37.9. The van der Waals surface area contributed by atoms with Crippen LogP contribution in [0.5, 0.6) is 0 Å². The Labute approximate surface area is 935 Å². The van der Waals surface area contributed by atoms with E-state index in [4.69, 9.17) is 53.6 Å². The number of unbranched alkanes of at least 4 members (excludes halogenated alkanes) is 81. The van der Waals surface area contributed by atoms with Crippen molar-refractivity contribution >= 4 is 105 Å². The molecule has 0 heterocycles. The molecular weight excluding hydrogens is 2110 g/mol. The SMILES string of the molecule is CCCCCCCCCCCCOP(=O)(OCCCCCCCCCCCC)OP(=O)(OCCCCCCCCCCCC)OP(=O)([O-])[O-].CCCCCCCCCCCCOP(=O)(OCCCCCCCCCCCC)OP(=O)(OCCCCCCCCCCCC)OP(=O)([O-])[O-].CCCCCCCCCCCCOP(=O)(OCCCCCCCCCCCC)OP(=O)(OCCCCCCCCCCCC)OP(=O)([O-])[O-].[Al+3].[Al+3]. The van der Waals surface area contributed by atoms with Gasteiger partial charge in [-0.1, -0.05) is 582 Å². The van der Waals surface area contributed by atoms with Gasteiger partial charge in [-0.3, -0.25) is 53.6 Å². The summed E-state index contributed by atoms with van der Waals surface area (Å²) < 4.78 is 192. The Bertz CT molecular complexity index is 2810. The molecule has 0 fully saturated rings. The minimum Gasteiger partial charge on any atom is -0.789 e. The van der Waals surface area contributed by atoms with Crippen LogP contribution in [0.2, 0.25) is 0 Å².